The van der Waals surface area contributed by atoms with Gasteiger partial charge in [-0.2, -0.15) is 0 Å². The number of hydrogen-bond acceptors (Lipinski definition) is 6. The first-order chi connectivity index (χ1) is 9.83. The molecule has 1 heterocycles. The van der Waals surface area contributed by atoms with Crippen molar-refractivity contribution in [1.29, 1.82) is 0 Å². The summed E-state index contributed by atoms with van der Waals surface area (Å²) in [4.78, 5) is 16.5. The fourth-order valence-electron chi connectivity index (χ4n) is 1.65. The normalized spacial score (nSPS) is 13.3. The van der Waals surface area contributed by atoms with Crippen LogP contribution in [0.4, 0.5) is 0 Å². The predicted octanol–water partition coefficient (Wildman–Crippen LogP) is 0.473. The molecule has 1 aromatic heterocycles. The van der Waals surface area contributed by atoms with Crippen LogP contribution in [0.1, 0.15) is 24.4 Å². The Hall–Kier alpha value is -1.02. The van der Waals surface area contributed by atoms with Gasteiger partial charge in [0.25, 0.3) is 0 Å². The molecule has 0 aromatic carbocycles. The lowest BCUT2D eigenvalue weighted by Gasteiger charge is -2.22. The number of nitrogens with zero attached hydrogens (tertiary/aromatic N) is 1. The Kier molecular flexibility index (Phi) is 7.24. The number of thiazole rings is 1. The van der Waals surface area contributed by atoms with Gasteiger partial charge >= 0.3 is 0 Å². The summed E-state index contributed by atoms with van der Waals surface area (Å²) in [6.45, 7) is 7.14. The van der Waals surface area contributed by atoms with E-state index in [1.807, 2.05) is 12.4 Å². The number of aliphatic hydroxyl groups is 1. The number of nitrogens with two attached hydrogens (primary N) is 1. The van der Waals surface area contributed by atoms with Crippen LogP contribution in [0.5, 0.6) is 0 Å². The van der Waals surface area contributed by atoms with Gasteiger partial charge in [0.2, 0.25) is 5.91 Å². The van der Waals surface area contributed by atoms with Crippen LogP contribution < -0.4 is 11.1 Å². The molecule has 0 aliphatic rings. The Morgan fingerprint density at radius 2 is 2.33 bits per heavy atom. The van der Waals surface area contributed by atoms with Crippen molar-refractivity contribution in [3.8, 4) is 0 Å². The summed E-state index contributed by atoms with van der Waals surface area (Å²) in [5.74, 6) is -0.360. The van der Waals surface area contributed by atoms with E-state index in [1.165, 1.54) is 4.88 Å². The number of ether oxygens (including phenoxy) is 1. The summed E-state index contributed by atoms with van der Waals surface area (Å²) in [6.07, 6.45) is 0.210. The molecule has 1 unspecified atom stereocenters. The zero-order chi connectivity index (χ0) is 15.9. The minimum atomic E-state index is -0.621. The maximum Gasteiger partial charge on any atom is 0.224 e. The van der Waals surface area contributed by atoms with E-state index in [0.717, 1.165) is 12.1 Å². The van der Waals surface area contributed by atoms with Crippen LogP contribution in [0.3, 0.4) is 0 Å². The monoisotopic (exact) mass is 315 g/mol. The fourth-order valence-corrected chi connectivity index (χ4v) is 2.41. The van der Waals surface area contributed by atoms with Gasteiger partial charge in [0.15, 0.2) is 0 Å². The summed E-state index contributed by atoms with van der Waals surface area (Å²) in [7, 11) is 0. The van der Waals surface area contributed by atoms with Crippen molar-refractivity contribution in [2.24, 2.45) is 11.1 Å². The molecule has 0 saturated carbocycles. The van der Waals surface area contributed by atoms with E-state index >= 15 is 0 Å². The van der Waals surface area contributed by atoms with Gasteiger partial charge in [-0.05, 0) is 20.8 Å². The second-order valence-electron chi connectivity index (χ2n) is 5.72. The lowest BCUT2D eigenvalue weighted by atomic mass is 9.93. The number of hydrogen-bond donors (Lipinski definition) is 3. The molecule has 4 N–H and O–H groups in total. The molecule has 0 saturated heterocycles. The average Bonchev–Trinajstić information content (AvgIpc) is 2.80. The maximum atomic E-state index is 11.1. The summed E-state index contributed by atoms with van der Waals surface area (Å²) in [5, 5.41) is 12.8. The number of aromatic nitrogens is 1. The van der Waals surface area contributed by atoms with Crippen LogP contribution in [-0.2, 0) is 16.0 Å². The number of carbonyl (C=O) groups excluding carboxylic acids is 1. The number of aryl methyl sites for hydroxylation is 1. The summed E-state index contributed by atoms with van der Waals surface area (Å²) in [5.41, 5.74) is 7.52. The molecular formula is C14H25N3O3S. The second kappa shape index (κ2) is 8.43. The first-order valence-electron chi connectivity index (χ1n) is 6.98. The number of rotatable bonds is 10. The molecule has 1 atom stereocenters. The fraction of sp³-hybridized carbons (Fsp3) is 0.714. The molecule has 7 heteroatoms. The molecular weight excluding hydrogens is 290 g/mol. The van der Waals surface area contributed by atoms with Crippen molar-refractivity contribution in [2.45, 2.75) is 33.3 Å². The zero-order valence-electron chi connectivity index (χ0n) is 12.9. The summed E-state index contributed by atoms with van der Waals surface area (Å²) in [6, 6.07) is 0. The van der Waals surface area contributed by atoms with E-state index in [0.29, 0.717) is 19.7 Å². The second-order valence-corrected chi connectivity index (χ2v) is 6.66. The van der Waals surface area contributed by atoms with Crippen LogP contribution in [0, 0.1) is 12.3 Å². The van der Waals surface area contributed by atoms with Crippen molar-refractivity contribution in [3.05, 3.63) is 16.1 Å². The van der Waals surface area contributed by atoms with Crippen molar-refractivity contribution in [2.75, 3.05) is 26.3 Å². The average molecular weight is 315 g/mol. The molecule has 0 aliphatic carbocycles. The van der Waals surface area contributed by atoms with Gasteiger partial charge < -0.3 is 20.9 Å². The molecule has 0 fully saturated rings. The summed E-state index contributed by atoms with van der Waals surface area (Å²) < 4.78 is 5.45. The third kappa shape index (κ3) is 6.52. The highest BCUT2D eigenvalue weighted by atomic mass is 32.1. The van der Waals surface area contributed by atoms with Crippen LogP contribution in [0.25, 0.3) is 0 Å². The van der Waals surface area contributed by atoms with E-state index in [1.54, 1.807) is 25.2 Å². The first kappa shape index (κ1) is 18.0. The molecule has 6 nitrogen and oxygen atoms in total. The quantitative estimate of drug-likeness (QED) is 0.545. The number of amides is 1. The summed E-state index contributed by atoms with van der Waals surface area (Å²) >= 11 is 1.62. The third-order valence-corrected chi connectivity index (χ3v) is 4.24. The molecule has 1 aromatic rings. The Morgan fingerprint density at radius 1 is 1.62 bits per heavy atom. The highest BCUT2D eigenvalue weighted by Crippen LogP contribution is 2.13. The number of aliphatic hydroxyl groups excluding tert-OH is 1. The highest BCUT2D eigenvalue weighted by Gasteiger charge is 2.24. The van der Waals surface area contributed by atoms with E-state index in [-0.39, 0.29) is 12.5 Å². The van der Waals surface area contributed by atoms with E-state index in [4.69, 9.17) is 10.5 Å². The SMILES string of the molecule is Cc1ncsc1CCOCC(O)CNCC(C)(C)C(N)=O. The van der Waals surface area contributed by atoms with Crippen molar-refractivity contribution >= 4 is 17.2 Å². The number of carbonyl (C=O) groups is 1. The van der Waals surface area contributed by atoms with Crippen molar-refractivity contribution in [1.82, 2.24) is 10.3 Å². The standard InChI is InChI=1S/C14H25N3O3S/c1-10-12(21-9-17-10)4-5-20-7-11(18)6-16-8-14(2,3)13(15)19/h9,11,16,18H,4-8H2,1-3H3,(H2,15,19). The lowest BCUT2D eigenvalue weighted by Crippen LogP contribution is -2.43. The van der Waals surface area contributed by atoms with E-state index in [2.05, 4.69) is 10.3 Å². The maximum absolute atomic E-state index is 11.1. The minimum Gasteiger partial charge on any atom is -0.389 e. The smallest absolute Gasteiger partial charge is 0.224 e. The van der Waals surface area contributed by atoms with Gasteiger partial charge in [-0.25, -0.2) is 4.98 Å². The third-order valence-electron chi connectivity index (χ3n) is 3.24. The van der Waals surface area contributed by atoms with Gasteiger partial charge in [-0.15, -0.1) is 11.3 Å². The molecule has 21 heavy (non-hydrogen) atoms. The van der Waals surface area contributed by atoms with Crippen LogP contribution in [0.15, 0.2) is 5.51 Å². The largest absolute Gasteiger partial charge is 0.389 e. The Balaban J connectivity index is 2.10. The van der Waals surface area contributed by atoms with Crippen LogP contribution >= 0.6 is 11.3 Å². The van der Waals surface area contributed by atoms with Crippen LogP contribution in [-0.4, -0.2) is 48.4 Å². The van der Waals surface area contributed by atoms with Crippen molar-refractivity contribution in [3.63, 3.8) is 0 Å². The molecule has 120 valence electrons. The van der Waals surface area contributed by atoms with Crippen molar-refractivity contribution < 1.29 is 14.6 Å². The molecule has 1 amide bonds. The molecule has 0 bridgehead atoms. The Bertz CT molecular complexity index is 448. The number of nitrogens with one attached hydrogen (secondary N) is 1. The predicted molar refractivity (Wildman–Crippen MR) is 83.2 cm³/mol. The van der Waals surface area contributed by atoms with Gasteiger partial charge in [0, 0.05) is 24.4 Å². The lowest BCUT2D eigenvalue weighted by molar-refractivity contribution is -0.125. The van der Waals surface area contributed by atoms with Gasteiger partial charge in [0.1, 0.15) is 0 Å². The van der Waals surface area contributed by atoms with Gasteiger partial charge in [-0.3, -0.25) is 4.79 Å². The van der Waals surface area contributed by atoms with E-state index in [9.17, 15) is 9.90 Å². The molecule has 1 rings (SSSR count). The van der Waals surface area contributed by atoms with Gasteiger partial charge in [-0.1, -0.05) is 0 Å². The highest BCUT2D eigenvalue weighted by molar-refractivity contribution is 7.09. The van der Waals surface area contributed by atoms with E-state index < -0.39 is 11.5 Å². The Morgan fingerprint density at radius 3 is 2.90 bits per heavy atom. The van der Waals surface area contributed by atoms with Crippen LogP contribution in [0.2, 0.25) is 0 Å². The zero-order valence-corrected chi connectivity index (χ0v) is 13.7. The minimum absolute atomic E-state index is 0.266. The first-order valence-corrected chi connectivity index (χ1v) is 7.86. The number of primary amides is 1. The molecule has 0 aliphatic heterocycles. The topological polar surface area (TPSA) is 97.5 Å². The molecule has 0 spiro atoms. The Labute approximate surface area is 129 Å². The van der Waals surface area contributed by atoms with Gasteiger partial charge in [0.05, 0.1) is 35.9 Å². The molecule has 0 radical (unpaired) electrons.